The minimum Gasteiger partial charge on any atom is -0.293 e. The van der Waals surface area contributed by atoms with E-state index in [1.807, 2.05) is 0 Å². The Morgan fingerprint density at radius 2 is 2.00 bits per heavy atom. The van der Waals surface area contributed by atoms with Gasteiger partial charge in [-0.05, 0) is 17.7 Å². The van der Waals surface area contributed by atoms with Crippen LogP contribution in [0.3, 0.4) is 0 Å². The van der Waals surface area contributed by atoms with Crippen LogP contribution in [-0.4, -0.2) is 15.2 Å². The zero-order chi connectivity index (χ0) is 12.3. The summed E-state index contributed by atoms with van der Waals surface area (Å²) in [5.74, 6) is 4.85. The Morgan fingerprint density at radius 3 is 2.59 bits per heavy atom. The molecule has 1 heterocycles. The predicted molar refractivity (Wildman–Crippen MR) is 59.7 cm³/mol. The molecule has 0 amide bonds. The molecule has 0 unspecified atom stereocenters. The standard InChI is InChI=1S/C10H10FN5O/c11-7-3-1-6(2-4-7)5-8-9(17)13-10(14-12)16-15-8/h1-4H,5,12H2,(H2,13,14,16,17). The summed E-state index contributed by atoms with van der Waals surface area (Å²) in [6.45, 7) is 0. The fourth-order valence-corrected chi connectivity index (χ4v) is 1.34. The van der Waals surface area contributed by atoms with E-state index in [2.05, 4.69) is 20.6 Å². The van der Waals surface area contributed by atoms with Gasteiger partial charge in [-0.15, -0.1) is 10.2 Å². The molecule has 4 N–H and O–H groups in total. The van der Waals surface area contributed by atoms with Crippen LogP contribution in [-0.2, 0) is 6.42 Å². The molecule has 0 aliphatic rings. The molecule has 0 spiro atoms. The summed E-state index contributed by atoms with van der Waals surface area (Å²) in [5.41, 5.74) is 2.83. The Labute approximate surface area is 95.7 Å². The fourth-order valence-electron chi connectivity index (χ4n) is 1.34. The van der Waals surface area contributed by atoms with Gasteiger partial charge in [-0.2, -0.15) is 0 Å². The van der Waals surface area contributed by atoms with Crippen LogP contribution >= 0.6 is 0 Å². The predicted octanol–water partition coefficient (Wildman–Crippen LogP) is 0.180. The summed E-state index contributed by atoms with van der Waals surface area (Å²) < 4.78 is 12.7. The van der Waals surface area contributed by atoms with Gasteiger partial charge in [-0.1, -0.05) is 12.1 Å². The average molecular weight is 235 g/mol. The van der Waals surface area contributed by atoms with Crippen molar-refractivity contribution in [3.05, 3.63) is 51.7 Å². The molecular weight excluding hydrogens is 225 g/mol. The third-order valence-electron chi connectivity index (χ3n) is 2.19. The lowest BCUT2D eigenvalue weighted by atomic mass is 10.1. The number of H-pyrrole nitrogens is 1. The molecule has 0 saturated heterocycles. The second kappa shape index (κ2) is 4.71. The highest BCUT2D eigenvalue weighted by Gasteiger charge is 2.05. The van der Waals surface area contributed by atoms with Gasteiger partial charge in [0.15, 0.2) is 0 Å². The highest BCUT2D eigenvalue weighted by atomic mass is 19.1. The van der Waals surface area contributed by atoms with Crippen LogP contribution in [0.5, 0.6) is 0 Å². The van der Waals surface area contributed by atoms with Gasteiger partial charge in [0, 0.05) is 6.42 Å². The quantitative estimate of drug-likeness (QED) is 0.521. The number of halogens is 1. The number of nitrogens with zero attached hydrogens (tertiary/aromatic N) is 2. The number of nitrogens with one attached hydrogen (secondary N) is 2. The first-order chi connectivity index (χ1) is 8.19. The van der Waals surface area contributed by atoms with Gasteiger partial charge in [-0.3, -0.25) is 15.2 Å². The van der Waals surface area contributed by atoms with E-state index in [0.29, 0.717) is 0 Å². The Hall–Kier alpha value is -2.28. The van der Waals surface area contributed by atoms with E-state index in [1.165, 1.54) is 12.1 Å². The van der Waals surface area contributed by atoms with Crippen LogP contribution in [0, 0.1) is 5.82 Å². The molecule has 1 aromatic heterocycles. The molecule has 0 aliphatic heterocycles. The lowest BCUT2D eigenvalue weighted by Gasteiger charge is -2.01. The molecule has 0 atom stereocenters. The van der Waals surface area contributed by atoms with Crippen molar-refractivity contribution in [1.29, 1.82) is 0 Å². The number of aromatic amines is 1. The number of benzene rings is 1. The van der Waals surface area contributed by atoms with E-state index in [0.717, 1.165) is 5.56 Å². The number of nitrogen functional groups attached to an aromatic ring is 1. The van der Waals surface area contributed by atoms with E-state index >= 15 is 0 Å². The monoisotopic (exact) mass is 235 g/mol. The van der Waals surface area contributed by atoms with Gasteiger partial charge < -0.3 is 0 Å². The highest BCUT2D eigenvalue weighted by Crippen LogP contribution is 2.05. The molecule has 2 rings (SSSR count). The molecule has 2 aromatic rings. The smallest absolute Gasteiger partial charge is 0.274 e. The van der Waals surface area contributed by atoms with Crippen molar-refractivity contribution in [2.24, 2.45) is 5.84 Å². The van der Waals surface area contributed by atoms with Crippen LogP contribution in [0.15, 0.2) is 29.1 Å². The summed E-state index contributed by atoms with van der Waals surface area (Å²) in [6.07, 6.45) is 0.285. The van der Waals surface area contributed by atoms with Gasteiger partial charge in [0.25, 0.3) is 5.56 Å². The maximum atomic E-state index is 12.7. The van der Waals surface area contributed by atoms with Crippen molar-refractivity contribution in [3.8, 4) is 0 Å². The van der Waals surface area contributed by atoms with Crippen molar-refractivity contribution in [2.75, 3.05) is 5.43 Å². The first kappa shape index (κ1) is 11.2. The average Bonchev–Trinajstić information content (AvgIpc) is 2.34. The topological polar surface area (TPSA) is 96.7 Å². The summed E-state index contributed by atoms with van der Waals surface area (Å²) in [7, 11) is 0. The first-order valence-corrected chi connectivity index (χ1v) is 4.86. The minimum atomic E-state index is -0.378. The van der Waals surface area contributed by atoms with Crippen molar-refractivity contribution >= 4 is 5.95 Å². The van der Waals surface area contributed by atoms with Gasteiger partial charge in [0.05, 0.1) is 0 Å². The van der Waals surface area contributed by atoms with E-state index in [4.69, 9.17) is 5.84 Å². The highest BCUT2D eigenvalue weighted by molar-refractivity contribution is 5.23. The number of hydrogen-bond donors (Lipinski definition) is 3. The molecule has 0 fully saturated rings. The zero-order valence-corrected chi connectivity index (χ0v) is 8.77. The molecule has 88 valence electrons. The van der Waals surface area contributed by atoms with Crippen LogP contribution in [0.1, 0.15) is 11.3 Å². The summed E-state index contributed by atoms with van der Waals surface area (Å²) in [6, 6.07) is 5.83. The van der Waals surface area contributed by atoms with Gasteiger partial charge in [0.1, 0.15) is 11.5 Å². The maximum absolute atomic E-state index is 12.7. The normalized spacial score (nSPS) is 10.2. The van der Waals surface area contributed by atoms with E-state index in [9.17, 15) is 9.18 Å². The van der Waals surface area contributed by atoms with Crippen LogP contribution < -0.4 is 16.8 Å². The summed E-state index contributed by atoms with van der Waals surface area (Å²) in [5, 5.41) is 7.39. The Bertz CT molecular complexity index is 566. The Balaban J connectivity index is 2.24. The number of hydrazine groups is 1. The molecule has 6 nitrogen and oxygen atoms in total. The van der Waals surface area contributed by atoms with Crippen molar-refractivity contribution in [2.45, 2.75) is 6.42 Å². The Kier molecular flexibility index (Phi) is 3.10. The van der Waals surface area contributed by atoms with Crippen LogP contribution in [0.2, 0.25) is 0 Å². The molecule has 1 aromatic carbocycles. The molecule has 0 aliphatic carbocycles. The SMILES string of the molecule is NNc1nnc(Cc2ccc(F)cc2)c(=O)[nH]1. The number of anilines is 1. The molecule has 17 heavy (non-hydrogen) atoms. The number of rotatable bonds is 3. The van der Waals surface area contributed by atoms with Crippen LogP contribution in [0.25, 0.3) is 0 Å². The molecular formula is C10H10FN5O. The maximum Gasteiger partial charge on any atom is 0.274 e. The number of hydrogen-bond acceptors (Lipinski definition) is 5. The minimum absolute atomic E-state index is 0.0952. The molecule has 7 heteroatoms. The first-order valence-electron chi connectivity index (χ1n) is 4.86. The van der Waals surface area contributed by atoms with E-state index < -0.39 is 0 Å². The van der Waals surface area contributed by atoms with Gasteiger partial charge in [-0.25, -0.2) is 10.2 Å². The second-order valence-electron chi connectivity index (χ2n) is 3.40. The molecule has 0 radical (unpaired) electrons. The van der Waals surface area contributed by atoms with Crippen molar-refractivity contribution in [3.63, 3.8) is 0 Å². The van der Waals surface area contributed by atoms with Gasteiger partial charge >= 0.3 is 0 Å². The lowest BCUT2D eigenvalue weighted by Crippen LogP contribution is -2.21. The zero-order valence-electron chi connectivity index (χ0n) is 8.77. The summed E-state index contributed by atoms with van der Waals surface area (Å²) in [4.78, 5) is 14.0. The van der Waals surface area contributed by atoms with Crippen molar-refractivity contribution < 1.29 is 4.39 Å². The third-order valence-corrected chi connectivity index (χ3v) is 2.19. The number of aromatic nitrogens is 3. The third kappa shape index (κ3) is 2.64. The molecule has 0 saturated carbocycles. The number of nitrogens with two attached hydrogens (primary N) is 1. The fraction of sp³-hybridized carbons (Fsp3) is 0.100. The van der Waals surface area contributed by atoms with E-state index in [-0.39, 0.29) is 29.4 Å². The summed E-state index contributed by atoms with van der Waals surface area (Å²) >= 11 is 0. The van der Waals surface area contributed by atoms with E-state index in [1.54, 1.807) is 12.1 Å². The lowest BCUT2D eigenvalue weighted by molar-refractivity contribution is 0.627. The largest absolute Gasteiger partial charge is 0.293 e. The van der Waals surface area contributed by atoms with Crippen molar-refractivity contribution in [1.82, 2.24) is 15.2 Å². The van der Waals surface area contributed by atoms with Crippen LogP contribution in [0.4, 0.5) is 10.3 Å². The second-order valence-corrected chi connectivity index (χ2v) is 3.40. The Morgan fingerprint density at radius 1 is 1.29 bits per heavy atom. The molecule has 0 bridgehead atoms. The van der Waals surface area contributed by atoms with Gasteiger partial charge in [0.2, 0.25) is 5.95 Å².